The summed E-state index contributed by atoms with van der Waals surface area (Å²) in [5, 5.41) is 20.8. The predicted molar refractivity (Wildman–Crippen MR) is 105 cm³/mol. The molecular weight excluding hydrogens is 374 g/mol. The van der Waals surface area contributed by atoms with Crippen LogP contribution >= 0.6 is 0 Å². The van der Waals surface area contributed by atoms with Crippen molar-refractivity contribution >= 4 is 28.7 Å². The minimum Gasteiger partial charge on any atom is -0.497 e. The van der Waals surface area contributed by atoms with Crippen LogP contribution in [0.5, 0.6) is 5.75 Å². The van der Waals surface area contributed by atoms with E-state index in [4.69, 9.17) is 9.15 Å². The van der Waals surface area contributed by atoms with Gasteiger partial charge in [0, 0.05) is 16.5 Å². The number of methoxy groups -OCH3 is 1. The molecule has 0 atom stereocenters. The van der Waals surface area contributed by atoms with Crippen LogP contribution in [0.25, 0.3) is 22.2 Å². The Bertz CT molecular complexity index is 1210. The number of carbonyl (C=O) groups excluding carboxylic acids is 1. The molecule has 2 N–H and O–H groups in total. The number of carboxylic acids is 1. The third-order valence-electron chi connectivity index (χ3n) is 4.36. The maximum absolute atomic E-state index is 12.8. The van der Waals surface area contributed by atoms with Crippen molar-refractivity contribution in [3.05, 3.63) is 71.8 Å². The van der Waals surface area contributed by atoms with E-state index in [9.17, 15) is 14.7 Å². The Balaban J connectivity index is 1.64. The molecule has 29 heavy (non-hydrogen) atoms. The van der Waals surface area contributed by atoms with E-state index in [1.165, 1.54) is 6.07 Å². The van der Waals surface area contributed by atoms with Gasteiger partial charge >= 0.3 is 12.0 Å². The van der Waals surface area contributed by atoms with Crippen LogP contribution in [0, 0.1) is 0 Å². The summed E-state index contributed by atoms with van der Waals surface area (Å²) in [6.45, 7) is 0. The van der Waals surface area contributed by atoms with Crippen molar-refractivity contribution in [2.75, 3.05) is 12.4 Å². The second-order valence-corrected chi connectivity index (χ2v) is 6.11. The molecule has 1 amide bonds. The molecule has 4 aromatic rings. The molecule has 0 aliphatic rings. The Hall–Kier alpha value is -4.20. The average molecular weight is 389 g/mol. The van der Waals surface area contributed by atoms with Gasteiger partial charge < -0.3 is 14.3 Å². The first-order chi connectivity index (χ1) is 14.1. The number of rotatable bonds is 5. The molecule has 8 nitrogen and oxygen atoms in total. The lowest BCUT2D eigenvalue weighted by atomic mass is 9.99. The highest BCUT2D eigenvalue weighted by Crippen LogP contribution is 2.26. The van der Waals surface area contributed by atoms with Crippen LogP contribution < -0.4 is 10.1 Å². The molecule has 0 aliphatic heterocycles. The van der Waals surface area contributed by atoms with Gasteiger partial charge in [0.15, 0.2) is 0 Å². The maximum atomic E-state index is 12.8. The number of hydrogen-bond acceptors (Lipinski definition) is 6. The normalized spacial score (nSPS) is 10.7. The summed E-state index contributed by atoms with van der Waals surface area (Å²) in [5.74, 6) is -0.747. The molecule has 0 fully saturated rings. The number of anilines is 1. The maximum Gasteiger partial charge on any atom is 0.336 e. The number of nitrogens with zero attached hydrogens (tertiary/aromatic N) is 2. The van der Waals surface area contributed by atoms with Gasteiger partial charge in [0.05, 0.1) is 12.7 Å². The molecule has 0 aliphatic carbocycles. The third kappa shape index (κ3) is 3.51. The lowest BCUT2D eigenvalue weighted by Gasteiger charge is -2.08. The lowest BCUT2D eigenvalue weighted by Crippen LogP contribution is -2.14. The summed E-state index contributed by atoms with van der Waals surface area (Å²) in [4.78, 5) is 24.4. The minimum absolute atomic E-state index is 0.0395. The Morgan fingerprint density at radius 3 is 2.31 bits per heavy atom. The second kappa shape index (κ2) is 7.43. The molecule has 0 bridgehead atoms. The van der Waals surface area contributed by atoms with Gasteiger partial charge in [-0.15, -0.1) is 5.10 Å². The highest BCUT2D eigenvalue weighted by atomic mass is 16.5. The summed E-state index contributed by atoms with van der Waals surface area (Å²) in [6.07, 6.45) is 0. The zero-order valence-electron chi connectivity index (χ0n) is 15.2. The summed E-state index contributed by atoms with van der Waals surface area (Å²) >= 11 is 0. The predicted octanol–water partition coefficient (Wildman–Crippen LogP) is 3.85. The quantitative estimate of drug-likeness (QED) is 0.533. The summed E-state index contributed by atoms with van der Waals surface area (Å²) < 4.78 is 10.6. The summed E-state index contributed by atoms with van der Waals surface area (Å²) in [5.41, 5.74) is 0.902. The molecule has 0 saturated heterocycles. The number of benzene rings is 3. The van der Waals surface area contributed by atoms with Crippen molar-refractivity contribution in [1.29, 1.82) is 0 Å². The lowest BCUT2D eigenvalue weighted by molar-refractivity contribution is 0.0699. The van der Waals surface area contributed by atoms with Gasteiger partial charge in [0.1, 0.15) is 5.75 Å². The topological polar surface area (TPSA) is 115 Å². The van der Waals surface area contributed by atoms with Crippen LogP contribution in [0.2, 0.25) is 0 Å². The van der Waals surface area contributed by atoms with Crippen LogP contribution in [0.4, 0.5) is 6.01 Å². The molecule has 0 saturated carbocycles. The van der Waals surface area contributed by atoms with Crippen LogP contribution in [0.3, 0.4) is 0 Å². The van der Waals surface area contributed by atoms with E-state index >= 15 is 0 Å². The SMILES string of the molecule is COc1ccc(-c2nnc(NC(=O)c3cccc4cccc(C(=O)O)c34)o2)cc1. The fourth-order valence-electron chi connectivity index (χ4n) is 3.00. The highest BCUT2D eigenvalue weighted by molar-refractivity contribution is 6.17. The van der Waals surface area contributed by atoms with Crippen molar-refractivity contribution in [1.82, 2.24) is 10.2 Å². The van der Waals surface area contributed by atoms with E-state index in [1.54, 1.807) is 61.7 Å². The molecule has 1 aromatic heterocycles. The number of carboxylic acid groups (broad SMARTS) is 1. The first kappa shape index (κ1) is 18.2. The molecule has 4 rings (SSSR count). The number of aromatic carboxylic acids is 1. The molecule has 144 valence electrons. The van der Waals surface area contributed by atoms with E-state index in [-0.39, 0.29) is 23.0 Å². The number of amides is 1. The third-order valence-corrected chi connectivity index (χ3v) is 4.36. The van der Waals surface area contributed by atoms with Gasteiger partial charge in [0.25, 0.3) is 5.91 Å². The Kier molecular flexibility index (Phi) is 4.66. The Labute approximate surface area is 164 Å². The molecule has 0 spiro atoms. The van der Waals surface area contributed by atoms with Crippen molar-refractivity contribution in [3.8, 4) is 17.2 Å². The van der Waals surface area contributed by atoms with Gasteiger partial charge in [-0.3, -0.25) is 10.1 Å². The number of hydrogen-bond donors (Lipinski definition) is 2. The van der Waals surface area contributed by atoms with Gasteiger partial charge in [-0.2, -0.15) is 0 Å². The van der Waals surface area contributed by atoms with Crippen LogP contribution in [-0.2, 0) is 0 Å². The largest absolute Gasteiger partial charge is 0.497 e. The molecule has 0 unspecified atom stereocenters. The van der Waals surface area contributed by atoms with E-state index in [1.807, 2.05) is 0 Å². The van der Waals surface area contributed by atoms with Crippen LogP contribution in [0.15, 0.2) is 65.1 Å². The smallest absolute Gasteiger partial charge is 0.336 e. The number of nitrogens with one attached hydrogen (secondary N) is 1. The first-order valence-electron chi connectivity index (χ1n) is 8.61. The highest BCUT2D eigenvalue weighted by Gasteiger charge is 2.18. The number of ether oxygens (including phenoxy) is 1. The zero-order chi connectivity index (χ0) is 20.4. The molecule has 3 aromatic carbocycles. The molecular formula is C21H15N3O5. The molecule has 8 heteroatoms. The van der Waals surface area contributed by atoms with E-state index in [2.05, 4.69) is 15.5 Å². The minimum atomic E-state index is -1.12. The number of carbonyl (C=O) groups is 2. The van der Waals surface area contributed by atoms with E-state index in [0.29, 0.717) is 22.1 Å². The van der Waals surface area contributed by atoms with Gasteiger partial charge in [-0.25, -0.2) is 4.79 Å². The first-order valence-corrected chi connectivity index (χ1v) is 8.61. The summed E-state index contributed by atoms with van der Waals surface area (Å²) in [7, 11) is 1.57. The number of fused-ring (bicyclic) bond motifs is 1. The van der Waals surface area contributed by atoms with Crippen molar-refractivity contribution in [2.24, 2.45) is 0 Å². The standard InChI is InChI=1S/C21H15N3O5/c1-28-14-10-8-13(9-11-14)19-23-24-21(29-19)22-18(25)15-6-2-4-12-5-3-7-16(17(12)15)20(26)27/h2-11H,1H3,(H,26,27)(H,22,24,25). The fraction of sp³-hybridized carbons (Fsp3) is 0.0476. The van der Waals surface area contributed by atoms with Crippen molar-refractivity contribution in [3.63, 3.8) is 0 Å². The van der Waals surface area contributed by atoms with E-state index in [0.717, 1.165) is 0 Å². The van der Waals surface area contributed by atoms with E-state index < -0.39 is 11.9 Å². The fourth-order valence-corrected chi connectivity index (χ4v) is 3.00. The molecule has 0 radical (unpaired) electrons. The summed E-state index contributed by atoms with van der Waals surface area (Å²) in [6, 6.07) is 16.7. The van der Waals surface area contributed by atoms with Gasteiger partial charge in [-0.1, -0.05) is 29.4 Å². The molecule has 1 heterocycles. The average Bonchev–Trinajstić information content (AvgIpc) is 3.21. The second-order valence-electron chi connectivity index (χ2n) is 6.11. The monoisotopic (exact) mass is 389 g/mol. The van der Waals surface area contributed by atoms with Gasteiger partial charge in [-0.05, 0) is 41.8 Å². The van der Waals surface area contributed by atoms with Crippen LogP contribution in [-0.4, -0.2) is 34.3 Å². The van der Waals surface area contributed by atoms with Crippen LogP contribution in [0.1, 0.15) is 20.7 Å². The Morgan fingerprint density at radius 2 is 1.66 bits per heavy atom. The van der Waals surface area contributed by atoms with Crippen molar-refractivity contribution in [2.45, 2.75) is 0 Å². The van der Waals surface area contributed by atoms with Gasteiger partial charge in [0.2, 0.25) is 5.89 Å². The van der Waals surface area contributed by atoms with Crippen molar-refractivity contribution < 1.29 is 23.8 Å². The number of aromatic nitrogens is 2. The Morgan fingerprint density at radius 1 is 0.966 bits per heavy atom. The zero-order valence-corrected chi connectivity index (χ0v) is 15.2.